The van der Waals surface area contributed by atoms with E-state index in [4.69, 9.17) is 5.73 Å². The number of hydrogen-bond donors (Lipinski definition) is 2. The van der Waals surface area contributed by atoms with E-state index >= 15 is 0 Å². The third-order valence-electron chi connectivity index (χ3n) is 4.73. The zero-order chi connectivity index (χ0) is 14.7. The molecule has 22 heavy (non-hydrogen) atoms. The van der Waals surface area contributed by atoms with Crippen molar-refractivity contribution < 1.29 is 4.39 Å². The van der Waals surface area contributed by atoms with Gasteiger partial charge in [0.05, 0.1) is 6.04 Å². The Bertz CT molecular complexity index is 508. The van der Waals surface area contributed by atoms with Crippen LogP contribution in [0.3, 0.4) is 0 Å². The van der Waals surface area contributed by atoms with Gasteiger partial charge in [0.1, 0.15) is 5.82 Å². The standard InChI is InChI=1S/C17H24FN3.HI/c18-16-9-5-4-8-15(16)12-10-14(11-12)21-17(19)20-13-6-2-1-3-7-13;/h4-5,8-9,12-14H,1-3,6-7,10-11H2,(H3,19,20,21);1H. The van der Waals surface area contributed by atoms with Crippen molar-refractivity contribution in [2.24, 2.45) is 10.7 Å². The molecular formula is C17H25FIN3. The summed E-state index contributed by atoms with van der Waals surface area (Å²) in [6, 6.07) is 7.79. The Labute approximate surface area is 149 Å². The van der Waals surface area contributed by atoms with Gasteiger partial charge < -0.3 is 11.1 Å². The SMILES string of the molecule is I.NC(=NC1CCCCC1)NC1CC(c2ccccc2F)C1. The van der Waals surface area contributed by atoms with E-state index in [2.05, 4.69) is 10.3 Å². The maximum Gasteiger partial charge on any atom is 0.189 e. The van der Waals surface area contributed by atoms with E-state index in [9.17, 15) is 4.39 Å². The summed E-state index contributed by atoms with van der Waals surface area (Å²) in [5.41, 5.74) is 6.83. The van der Waals surface area contributed by atoms with Gasteiger partial charge in [-0.25, -0.2) is 4.39 Å². The van der Waals surface area contributed by atoms with Gasteiger partial charge in [-0.05, 0) is 43.2 Å². The Morgan fingerprint density at radius 2 is 1.82 bits per heavy atom. The monoisotopic (exact) mass is 417 g/mol. The van der Waals surface area contributed by atoms with E-state index in [-0.39, 0.29) is 29.8 Å². The molecule has 0 bridgehead atoms. The zero-order valence-electron chi connectivity index (χ0n) is 12.8. The van der Waals surface area contributed by atoms with Crippen molar-refractivity contribution in [2.45, 2.75) is 62.9 Å². The molecule has 0 amide bonds. The second-order valence-electron chi connectivity index (χ2n) is 6.34. The molecule has 0 atom stereocenters. The maximum absolute atomic E-state index is 13.7. The Balaban J connectivity index is 0.00000176. The fraction of sp³-hybridized carbons (Fsp3) is 0.588. The summed E-state index contributed by atoms with van der Waals surface area (Å²) in [6.07, 6.45) is 8.03. The molecule has 2 aliphatic rings. The van der Waals surface area contributed by atoms with Crippen LogP contribution in [0, 0.1) is 5.82 Å². The highest BCUT2D eigenvalue weighted by Crippen LogP contribution is 2.37. The molecule has 1 aromatic rings. The van der Waals surface area contributed by atoms with Crippen molar-refractivity contribution in [3.8, 4) is 0 Å². The van der Waals surface area contributed by atoms with Crippen LogP contribution in [0.4, 0.5) is 4.39 Å². The smallest absolute Gasteiger partial charge is 0.189 e. The number of halogens is 2. The number of hydrogen-bond acceptors (Lipinski definition) is 1. The average molecular weight is 417 g/mol. The van der Waals surface area contributed by atoms with Crippen LogP contribution in [0.1, 0.15) is 56.4 Å². The van der Waals surface area contributed by atoms with E-state index in [0.717, 1.165) is 31.2 Å². The molecule has 0 radical (unpaired) electrons. The van der Waals surface area contributed by atoms with Crippen molar-refractivity contribution in [1.82, 2.24) is 5.32 Å². The van der Waals surface area contributed by atoms with Crippen molar-refractivity contribution in [3.05, 3.63) is 35.6 Å². The van der Waals surface area contributed by atoms with Crippen LogP contribution in [-0.4, -0.2) is 18.0 Å². The van der Waals surface area contributed by atoms with E-state index < -0.39 is 0 Å². The molecule has 0 aromatic heterocycles. The number of nitrogens with zero attached hydrogens (tertiary/aromatic N) is 1. The highest BCUT2D eigenvalue weighted by Gasteiger charge is 2.32. The third kappa shape index (κ3) is 4.33. The van der Waals surface area contributed by atoms with Crippen LogP contribution in [0.5, 0.6) is 0 Å². The summed E-state index contributed by atoms with van der Waals surface area (Å²) in [6.45, 7) is 0. The number of aliphatic imine (C=N–C) groups is 1. The maximum atomic E-state index is 13.7. The average Bonchev–Trinajstić information content (AvgIpc) is 2.45. The summed E-state index contributed by atoms with van der Waals surface area (Å²) >= 11 is 0. The number of nitrogens with two attached hydrogens (primary N) is 1. The first kappa shape index (κ1) is 17.5. The van der Waals surface area contributed by atoms with Crippen LogP contribution in [0.2, 0.25) is 0 Å². The van der Waals surface area contributed by atoms with Gasteiger partial charge in [0.2, 0.25) is 0 Å². The topological polar surface area (TPSA) is 50.4 Å². The predicted molar refractivity (Wildman–Crippen MR) is 99.2 cm³/mol. The zero-order valence-corrected chi connectivity index (χ0v) is 15.1. The molecule has 0 unspecified atom stereocenters. The summed E-state index contributed by atoms with van der Waals surface area (Å²) in [5.74, 6) is 0.787. The van der Waals surface area contributed by atoms with E-state index in [1.54, 1.807) is 6.07 Å². The first-order valence-corrected chi connectivity index (χ1v) is 8.06. The van der Waals surface area contributed by atoms with Crippen molar-refractivity contribution in [2.75, 3.05) is 0 Å². The predicted octanol–water partition coefficient (Wildman–Crippen LogP) is 3.93. The van der Waals surface area contributed by atoms with Gasteiger partial charge in [-0.15, -0.1) is 24.0 Å². The first-order chi connectivity index (χ1) is 10.2. The Kier molecular flexibility index (Phi) is 6.47. The minimum atomic E-state index is -0.0928. The van der Waals surface area contributed by atoms with Crippen LogP contribution in [0.15, 0.2) is 29.3 Å². The van der Waals surface area contributed by atoms with Crippen LogP contribution in [0.25, 0.3) is 0 Å². The number of nitrogens with one attached hydrogen (secondary N) is 1. The van der Waals surface area contributed by atoms with E-state index in [1.165, 1.54) is 25.3 Å². The minimum absolute atomic E-state index is 0. The molecule has 0 aliphatic heterocycles. The van der Waals surface area contributed by atoms with Crippen molar-refractivity contribution in [3.63, 3.8) is 0 Å². The summed E-state index contributed by atoms with van der Waals surface area (Å²) < 4.78 is 13.7. The summed E-state index contributed by atoms with van der Waals surface area (Å²) in [7, 11) is 0. The van der Waals surface area contributed by atoms with Crippen LogP contribution < -0.4 is 11.1 Å². The fourth-order valence-corrected chi connectivity index (χ4v) is 3.45. The molecule has 3 nitrogen and oxygen atoms in total. The molecule has 122 valence electrons. The molecule has 0 spiro atoms. The molecule has 0 saturated heterocycles. The fourth-order valence-electron chi connectivity index (χ4n) is 3.45. The molecular weight excluding hydrogens is 392 g/mol. The van der Waals surface area contributed by atoms with Crippen LogP contribution in [-0.2, 0) is 0 Å². The third-order valence-corrected chi connectivity index (χ3v) is 4.73. The lowest BCUT2D eigenvalue weighted by molar-refractivity contribution is 0.315. The van der Waals surface area contributed by atoms with Gasteiger partial charge in [0, 0.05) is 6.04 Å². The molecule has 1 aromatic carbocycles. The minimum Gasteiger partial charge on any atom is -0.370 e. The summed E-state index contributed by atoms with van der Waals surface area (Å²) in [5, 5.41) is 3.29. The lowest BCUT2D eigenvalue weighted by Crippen LogP contribution is -2.47. The summed E-state index contributed by atoms with van der Waals surface area (Å²) in [4.78, 5) is 4.58. The molecule has 3 N–H and O–H groups in total. The van der Waals surface area contributed by atoms with Gasteiger partial charge >= 0.3 is 0 Å². The van der Waals surface area contributed by atoms with Gasteiger partial charge in [-0.2, -0.15) is 0 Å². The molecule has 0 heterocycles. The Morgan fingerprint density at radius 3 is 2.50 bits per heavy atom. The molecule has 3 rings (SSSR count). The quantitative estimate of drug-likeness (QED) is 0.445. The largest absolute Gasteiger partial charge is 0.370 e. The number of benzene rings is 1. The van der Waals surface area contributed by atoms with Crippen molar-refractivity contribution in [1.29, 1.82) is 0 Å². The lowest BCUT2D eigenvalue weighted by Gasteiger charge is -2.36. The van der Waals surface area contributed by atoms with Crippen molar-refractivity contribution >= 4 is 29.9 Å². The van der Waals surface area contributed by atoms with Gasteiger partial charge in [-0.1, -0.05) is 37.5 Å². The second kappa shape index (κ2) is 8.13. The van der Waals surface area contributed by atoms with Gasteiger partial charge in [-0.3, -0.25) is 4.99 Å². The Hall–Kier alpha value is -0.850. The van der Waals surface area contributed by atoms with Gasteiger partial charge in [0.25, 0.3) is 0 Å². The highest BCUT2D eigenvalue weighted by molar-refractivity contribution is 14.0. The molecule has 2 saturated carbocycles. The lowest BCUT2D eigenvalue weighted by atomic mass is 9.76. The van der Waals surface area contributed by atoms with E-state index in [1.807, 2.05) is 12.1 Å². The second-order valence-corrected chi connectivity index (χ2v) is 6.34. The Morgan fingerprint density at radius 1 is 1.14 bits per heavy atom. The first-order valence-electron chi connectivity index (χ1n) is 8.06. The molecule has 5 heteroatoms. The van der Waals surface area contributed by atoms with Crippen LogP contribution >= 0.6 is 24.0 Å². The molecule has 2 aliphatic carbocycles. The van der Waals surface area contributed by atoms with E-state index in [0.29, 0.717) is 24.0 Å². The normalized spacial score (nSPS) is 26.0. The number of guanidine groups is 1. The van der Waals surface area contributed by atoms with Gasteiger partial charge in [0.15, 0.2) is 5.96 Å². The highest BCUT2D eigenvalue weighted by atomic mass is 127. The molecule has 2 fully saturated rings. The number of rotatable bonds is 3.